The topological polar surface area (TPSA) is 98.0 Å². The van der Waals surface area contributed by atoms with Gasteiger partial charge in [0, 0.05) is 54.6 Å². The highest BCUT2D eigenvalue weighted by atomic mass is 19.1. The number of hydrogen-bond acceptors (Lipinski definition) is 7. The van der Waals surface area contributed by atoms with Crippen molar-refractivity contribution in [2.75, 3.05) is 44.4 Å². The van der Waals surface area contributed by atoms with E-state index in [0.717, 1.165) is 24.5 Å². The summed E-state index contributed by atoms with van der Waals surface area (Å²) < 4.78 is 20.9. The van der Waals surface area contributed by atoms with Crippen molar-refractivity contribution in [2.45, 2.75) is 13.8 Å². The number of nitrogens with one attached hydrogen (secondary N) is 3. The molecule has 3 aromatic heterocycles. The van der Waals surface area contributed by atoms with Crippen molar-refractivity contribution in [1.82, 2.24) is 30.0 Å². The number of benzene rings is 1. The summed E-state index contributed by atoms with van der Waals surface area (Å²) in [5.41, 5.74) is 2.50. The molecule has 0 aliphatic rings. The predicted octanol–water partition coefficient (Wildman–Crippen LogP) is 3.97. The summed E-state index contributed by atoms with van der Waals surface area (Å²) in [6.07, 6.45) is 0. The molecular formula is C22H27FN8O. The van der Waals surface area contributed by atoms with Gasteiger partial charge in [-0.05, 0) is 46.1 Å². The second-order valence-corrected chi connectivity index (χ2v) is 8.07. The van der Waals surface area contributed by atoms with Crippen molar-refractivity contribution in [1.29, 1.82) is 0 Å². The quantitative estimate of drug-likeness (QED) is 0.383. The number of likely N-dealkylation sites (N-methyl/N-ethyl adjacent to an activating group) is 2. The number of nitrogens with zero attached hydrogens (tertiary/aromatic N) is 5. The minimum atomic E-state index is -0.459. The van der Waals surface area contributed by atoms with E-state index in [1.807, 2.05) is 52.0 Å². The van der Waals surface area contributed by atoms with Gasteiger partial charge in [-0.2, -0.15) is 15.1 Å². The number of rotatable bonds is 8. The number of anilines is 3. The maximum absolute atomic E-state index is 15.0. The Labute approximate surface area is 185 Å². The van der Waals surface area contributed by atoms with Gasteiger partial charge in [-0.15, -0.1) is 0 Å². The molecule has 0 aliphatic carbocycles. The summed E-state index contributed by atoms with van der Waals surface area (Å²) in [4.78, 5) is 16.1. The SMILES string of the molecule is Cc1cc(Nc2cc(N(C)CCN(C)C)nc(Oc3ccc4[nH]c(C)cc4c3F)n2)n[nH]1. The van der Waals surface area contributed by atoms with Gasteiger partial charge in [-0.1, -0.05) is 0 Å². The Bertz CT molecular complexity index is 1230. The lowest BCUT2D eigenvalue weighted by Gasteiger charge is -2.21. The van der Waals surface area contributed by atoms with Crippen LogP contribution in [0.5, 0.6) is 11.8 Å². The molecule has 3 N–H and O–H groups in total. The molecule has 0 saturated heterocycles. The number of hydrogen-bond donors (Lipinski definition) is 3. The molecule has 4 aromatic rings. The third-order valence-electron chi connectivity index (χ3n) is 4.97. The van der Waals surface area contributed by atoms with Crippen molar-refractivity contribution < 1.29 is 9.13 Å². The first-order valence-electron chi connectivity index (χ1n) is 10.3. The smallest absolute Gasteiger partial charge is 0.326 e. The largest absolute Gasteiger partial charge is 0.421 e. The molecule has 0 amide bonds. The molecule has 0 aliphatic heterocycles. The van der Waals surface area contributed by atoms with Crippen LogP contribution in [0.25, 0.3) is 10.9 Å². The van der Waals surface area contributed by atoms with E-state index in [-0.39, 0.29) is 11.8 Å². The zero-order valence-corrected chi connectivity index (χ0v) is 18.8. The van der Waals surface area contributed by atoms with Gasteiger partial charge in [0.1, 0.15) is 11.6 Å². The van der Waals surface area contributed by atoms with Gasteiger partial charge < -0.3 is 24.8 Å². The summed E-state index contributed by atoms with van der Waals surface area (Å²) in [7, 11) is 5.96. The van der Waals surface area contributed by atoms with Gasteiger partial charge in [-0.25, -0.2) is 4.39 Å². The first kappa shape index (κ1) is 21.6. The maximum atomic E-state index is 15.0. The number of ether oxygens (including phenoxy) is 1. The van der Waals surface area contributed by atoms with Gasteiger partial charge in [0.05, 0.1) is 0 Å². The van der Waals surface area contributed by atoms with Crippen molar-refractivity contribution in [3.63, 3.8) is 0 Å². The van der Waals surface area contributed by atoms with Gasteiger partial charge in [0.15, 0.2) is 17.4 Å². The fraction of sp³-hybridized carbons (Fsp3) is 0.318. The fourth-order valence-corrected chi connectivity index (χ4v) is 3.26. The molecule has 3 heterocycles. The summed E-state index contributed by atoms with van der Waals surface area (Å²) in [6.45, 7) is 5.38. The van der Waals surface area contributed by atoms with Gasteiger partial charge in [0.2, 0.25) is 0 Å². The molecule has 0 unspecified atom stereocenters. The van der Waals surface area contributed by atoms with Crippen LogP contribution in [0.2, 0.25) is 0 Å². The van der Waals surface area contributed by atoms with Crippen LogP contribution in [0.15, 0.2) is 30.3 Å². The molecule has 10 heteroatoms. The summed E-state index contributed by atoms with van der Waals surface area (Å²) in [5.74, 6) is 1.35. The van der Waals surface area contributed by atoms with E-state index < -0.39 is 5.82 Å². The minimum absolute atomic E-state index is 0.0412. The Morgan fingerprint density at radius 1 is 1.00 bits per heavy atom. The number of fused-ring (bicyclic) bond motifs is 1. The molecule has 32 heavy (non-hydrogen) atoms. The standard InChI is InChI=1S/C22H27FN8O/c1-13-10-15-16(24-13)6-7-17(21(15)23)32-22-26-18(25-19-11-14(2)28-29-19)12-20(27-22)31(5)9-8-30(3)4/h6-7,10-12,24H,8-9H2,1-5H3,(H2,25,26,27,28,29). The van der Waals surface area contributed by atoms with Gasteiger partial charge in [0.25, 0.3) is 0 Å². The lowest BCUT2D eigenvalue weighted by Crippen LogP contribution is -2.29. The van der Waals surface area contributed by atoms with Crippen LogP contribution in [0.4, 0.5) is 21.8 Å². The molecule has 168 valence electrons. The number of halogens is 1. The average Bonchev–Trinajstić information content (AvgIpc) is 3.33. The Hall–Kier alpha value is -3.66. The lowest BCUT2D eigenvalue weighted by atomic mass is 10.2. The van der Waals surface area contributed by atoms with Crippen LogP contribution in [-0.4, -0.2) is 64.3 Å². The van der Waals surface area contributed by atoms with Crippen LogP contribution in [0.1, 0.15) is 11.4 Å². The molecule has 9 nitrogen and oxygen atoms in total. The highest BCUT2D eigenvalue weighted by Crippen LogP contribution is 2.31. The summed E-state index contributed by atoms with van der Waals surface area (Å²) in [5, 5.41) is 10.7. The highest BCUT2D eigenvalue weighted by Gasteiger charge is 2.16. The number of aromatic amines is 2. The molecule has 4 rings (SSSR count). The van der Waals surface area contributed by atoms with Gasteiger partial charge >= 0.3 is 6.01 Å². The molecule has 0 atom stereocenters. The third kappa shape index (κ3) is 4.80. The fourth-order valence-electron chi connectivity index (χ4n) is 3.26. The van der Waals surface area contributed by atoms with E-state index in [4.69, 9.17) is 4.74 Å². The van der Waals surface area contributed by atoms with Crippen LogP contribution in [0, 0.1) is 19.7 Å². The second-order valence-electron chi connectivity index (χ2n) is 8.07. The van der Waals surface area contributed by atoms with E-state index in [1.54, 1.807) is 18.2 Å². The maximum Gasteiger partial charge on any atom is 0.326 e. The molecule has 0 spiro atoms. The Balaban J connectivity index is 1.67. The van der Waals surface area contributed by atoms with Crippen molar-refractivity contribution in [2.24, 2.45) is 0 Å². The predicted molar refractivity (Wildman–Crippen MR) is 124 cm³/mol. The minimum Gasteiger partial charge on any atom is -0.421 e. The van der Waals surface area contributed by atoms with E-state index in [2.05, 4.69) is 35.4 Å². The average molecular weight is 439 g/mol. The molecule has 1 aromatic carbocycles. The Morgan fingerprint density at radius 2 is 1.81 bits per heavy atom. The summed E-state index contributed by atoms with van der Waals surface area (Å²) in [6, 6.07) is 8.81. The van der Waals surface area contributed by atoms with Crippen molar-refractivity contribution >= 4 is 28.4 Å². The Kier molecular flexibility index (Phi) is 5.95. The molecule has 0 saturated carbocycles. The molecule has 0 bridgehead atoms. The summed E-state index contributed by atoms with van der Waals surface area (Å²) >= 11 is 0. The molecular weight excluding hydrogens is 411 g/mol. The lowest BCUT2D eigenvalue weighted by molar-refractivity contribution is 0.409. The normalized spacial score (nSPS) is 11.3. The monoisotopic (exact) mass is 438 g/mol. The second kappa shape index (κ2) is 8.83. The van der Waals surface area contributed by atoms with Crippen molar-refractivity contribution in [3.05, 3.63) is 47.5 Å². The number of aryl methyl sites for hydroxylation is 2. The first-order valence-corrected chi connectivity index (χ1v) is 10.3. The highest BCUT2D eigenvalue weighted by molar-refractivity contribution is 5.82. The van der Waals surface area contributed by atoms with Crippen LogP contribution in [0.3, 0.4) is 0 Å². The third-order valence-corrected chi connectivity index (χ3v) is 4.97. The number of aromatic nitrogens is 5. The number of H-pyrrole nitrogens is 2. The van der Waals surface area contributed by atoms with E-state index in [9.17, 15) is 0 Å². The van der Waals surface area contributed by atoms with E-state index in [0.29, 0.717) is 28.4 Å². The van der Waals surface area contributed by atoms with Gasteiger partial charge in [-0.3, -0.25) is 5.10 Å². The molecule has 0 fully saturated rings. The zero-order chi connectivity index (χ0) is 22.8. The van der Waals surface area contributed by atoms with Crippen LogP contribution in [-0.2, 0) is 0 Å². The zero-order valence-electron chi connectivity index (χ0n) is 18.8. The van der Waals surface area contributed by atoms with E-state index >= 15 is 4.39 Å². The van der Waals surface area contributed by atoms with Crippen molar-refractivity contribution in [3.8, 4) is 11.8 Å². The van der Waals surface area contributed by atoms with Crippen LogP contribution >= 0.6 is 0 Å². The van der Waals surface area contributed by atoms with Crippen LogP contribution < -0.4 is 15.0 Å². The molecule has 0 radical (unpaired) electrons. The first-order chi connectivity index (χ1) is 15.3. The van der Waals surface area contributed by atoms with E-state index in [1.165, 1.54) is 0 Å². The Morgan fingerprint density at radius 3 is 2.53 bits per heavy atom.